The molecule has 0 amide bonds. The van der Waals surface area contributed by atoms with E-state index in [4.69, 9.17) is 16.3 Å². The number of halogens is 1. The number of ketones is 1. The first-order chi connectivity index (χ1) is 8.99. The first-order valence-electron chi connectivity index (χ1n) is 6.60. The smallest absolute Gasteiger partial charge is 0.164 e. The lowest BCUT2D eigenvalue weighted by Gasteiger charge is -2.42. The summed E-state index contributed by atoms with van der Waals surface area (Å²) in [5, 5.41) is 0.658. The fourth-order valence-corrected chi connectivity index (χ4v) is 2.45. The molecule has 19 heavy (non-hydrogen) atoms. The van der Waals surface area contributed by atoms with Crippen molar-refractivity contribution in [3.8, 4) is 0 Å². The van der Waals surface area contributed by atoms with E-state index in [0.29, 0.717) is 11.4 Å². The topological polar surface area (TPSA) is 29.5 Å². The highest BCUT2D eigenvalue weighted by Crippen LogP contribution is 2.19. The van der Waals surface area contributed by atoms with Gasteiger partial charge in [0.2, 0.25) is 0 Å². The largest absolute Gasteiger partial charge is 0.378 e. The van der Waals surface area contributed by atoms with Crippen LogP contribution in [0.1, 0.15) is 30.6 Å². The summed E-state index contributed by atoms with van der Waals surface area (Å²) in [5.74, 6) is 0.166. The van der Waals surface area contributed by atoms with Crippen LogP contribution in [0.15, 0.2) is 24.3 Å². The molecule has 0 bridgehead atoms. The molecule has 0 saturated carbocycles. The summed E-state index contributed by atoms with van der Waals surface area (Å²) in [5.41, 5.74) is 0.744. The Morgan fingerprint density at radius 3 is 2.68 bits per heavy atom. The van der Waals surface area contributed by atoms with Crippen LogP contribution in [0.25, 0.3) is 0 Å². The number of rotatable bonds is 4. The molecule has 1 saturated heterocycles. The Hall–Kier alpha value is -0.900. The van der Waals surface area contributed by atoms with Gasteiger partial charge in [-0.1, -0.05) is 11.6 Å². The van der Waals surface area contributed by atoms with E-state index in [9.17, 15) is 4.79 Å². The Balaban J connectivity index is 1.91. The zero-order chi connectivity index (χ0) is 13.9. The highest BCUT2D eigenvalue weighted by Gasteiger charge is 2.30. The maximum absolute atomic E-state index is 12.1. The van der Waals surface area contributed by atoms with Gasteiger partial charge in [0.25, 0.3) is 0 Å². The number of hydrogen-bond donors (Lipinski definition) is 0. The molecule has 2 rings (SSSR count). The lowest BCUT2D eigenvalue weighted by molar-refractivity contribution is -0.0502. The normalized spacial score (nSPS) is 19.3. The van der Waals surface area contributed by atoms with Gasteiger partial charge < -0.3 is 4.74 Å². The third kappa shape index (κ3) is 3.78. The van der Waals surface area contributed by atoms with Crippen molar-refractivity contribution in [3.05, 3.63) is 34.9 Å². The molecule has 1 heterocycles. The summed E-state index contributed by atoms with van der Waals surface area (Å²) in [6.07, 6.45) is 0.533. The third-order valence-electron chi connectivity index (χ3n) is 3.59. The molecule has 1 aromatic rings. The van der Waals surface area contributed by atoms with E-state index in [2.05, 4.69) is 18.7 Å². The van der Waals surface area contributed by atoms with Gasteiger partial charge >= 0.3 is 0 Å². The molecule has 1 aliphatic heterocycles. The van der Waals surface area contributed by atoms with E-state index in [1.165, 1.54) is 0 Å². The lowest BCUT2D eigenvalue weighted by atomic mass is 10.0. The van der Waals surface area contributed by atoms with Gasteiger partial charge in [-0.2, -0.15) is 0 Å². The number of carbonyl (C=O) groups is 1. The molecule has 4 heteroatoms. The Labute approximate surface area is 119 Å². The van der Waals surface area contributed by atoms with Crippen LogP contribution in [0, 0.1) is 0 Å². The van der Waals surface area contributed by atoms with Gasteiger partial charge in [-0.05, 0) is 38.1 Å². The van der Waals surface area contributed by atoms with E-state index < -0.39 is 0 Å². The summed E-state index contributed by atoms with van der Waals surface area (Å²) >= 11 is 5.82. The average Bonchev–Trinajstić information content (AvgIpc) is 2.37. The van der Waals surface area contributed by atoms with Crippen molar-refractivity contribution < 1.29 is 9.53 Å². The molecular formula is C15H20ClNO2. The van der Waals surface area contributed by atoms with Gasteiger partial charge in [-0.15, -0.1) is 0 Å². The Kier molecular flexibility index (Phi) is 4.61. The van der Waals surface area contributed by atoms with Crippen LogP contribution in [-0.4, -0.2) is 42.5 Å². The molecule has 3 nitrogen and oxygen atoms in total. The van der Waals surface area contributed by atoms with Crippen LogP contribution in [0.4, 0.5) is 0 Å². The zero-order valence-corrected chi connectivity index (χ0v) is 12.2. The van der Waals surface area contributed by atoms with Crippen molar-refractivity contribution in [2.24, 2.45) is 0 Å². The quantitative estimate of drug-likeness (QED) is 0.795. The molecule has 0 N–H and O–H groups in total. The summed E-state index contributed by atoms with van der Waals surface area (Å²) in [6, 6.07) is 7.09. The van der Waals surface area contributed by atoms with Crippen molar-refractivity contribution in [1.29, 1.82) is 0 Å². The van der Waals surface area contributed by atoms with E-state index in [1.807, 2.05) is 0 Å². The van der Waals surface area contributed by atoms with Crippen LogP contribution in [0.2, 0.25) is 5.02 Å². The second kappa shape index (κ2) is 6.04. The lowest BCUT2D eigenvalue weighted by Crippen LogP contribution is -2.53. The molecule has 0 unspecified atom stereocenters. The summed E-state index contributed by atoms with van der Waals surface area (Å²) in [4.78, 5) is 14.4. The number of hydrogen-bond acceptors (Lipinski definition) is 3. The summed E-state index contributed by atoms with van der Waals surface area (Å²) < 4.78 is 5.48. The van der Waals surface area contributed by atoms with E-state index in [1.54, 1.807) is 24.3 Å². The second-order valence-corrected chi connectivity index (χ2v) is 5.97. The first-order valence-corrected chi connectivity index (χ1v) is 6.98. The van der Waals surface area contributed by atoms with Crippen LogP contribution < -0.4 is 0 Å². The Morgan fingerprint density at radius 1 is 1.37 bits per heavy atom. The fraction of sp³-hybridized carbons (Fsp3) is 0.533. The number of carbonyl (C=O) groups excluding carboxylic acids is 1. The van der Waals surface area contributed by atoms with Crippen molar-refractivity contribution >= 4 is 17.4 Å². The van der Waals surface area contributed by atoms with Gasteiger partial charge in [0.15, 0.2) is 5.78 Å². The number of ether oxygens (including phenoxy) is 1. The predicted octanol–water partition coefficient (Wildman–Crippen LogP) is 3.02. The highest BCUT2D eigenvalue weighted by molar-refractivity contribution is 6.30. The molecular weight excluding hydrogens is 262 g/mol. The van der Waals surface area contributed by atoms with Crippen LogP contribution in [-0.2, 0) is 4.74 Å². The first kappa shape index (κ1) is 14.5. The van der Waals surface area contributed by atoms with Gasteiger partial charge in [0, 0.05) is 35.6 Å². The zero-order valence-electron chi connectivity index (χ0n) is 11.5. The maximum atomic E-state index is 12.1. The van der Waals surface area contributed by atoms with Crippen molar-refractivity contribution in [2.45, 2.75) is 25.8 Å². The van der Waals surface area contributed by atoms with Gasteiger partial charge in [0.05, 0.1) is 13.2 Å². The molecule has 1 aromatic carbocycles. The van der Waals surface area contributed by atoms with Crippen LogP contribution in [0.3, 0.4) is 0 Å². The third-order valence-corrected chi connectivity index (χ3v) is 3.84. The minimum atomic E-state index is 0.0124. The van der Waals surface area contributed by atoms with Crippen LogP contribution in [0.5, 0.6) is 0 Å². The molecule has 0 atom stereocenters. The van der Waals surface area contributed by atoms with E-state index in [-0.39, 0.29) is 11.3 Å². The summed E-state index contributed by atoms with van der Waals surface area (Å²) in [6.45, 7) is 7.44. The van der Waals surface area contributed by atoms with Crippen molar-refractivity contribution in [1.82, 2.24) is 4.90 Å². The second-order valence-electron chi connectivity index (χ2n) is 5.53. The number of Topliss-reactive ketones (excluding diaryl/α,β-unsaturated/α-hetero) is 1. The van der Waals surface area contributed by atoms with Gasteiger partial charge in [-0.3, -0.25) is 9.69 Å². The molecule has 104 valence electrons. The molecule has 1 aliphatic rings. The Morgan fingerprint density at radius 2 is 2.05 bits per heavy atom. The molecule has 1 fully saturated rings. The predicted molar refractivity (Wildman–Crippen MR) is 76.9 cm³/mol. The van der Waals surface area contributed by atoms with Crippen molar-refractivity contribution in [2.75, 3.05) is 26.3 Å². The molecule has 0 radical (unpaired) electrons. The van der Waals surface area contributed by atoms with E-state index >= 15 is 0 Å². The fourth-order valence-electron chi connectivity index (χ4n) is 2.32. The monoisotopic (exact) mass is 281 g/mol. The maximum Gasteiger partial charge on any atom is 0.164 e. The highest BCUT2D eigenvalue weighted by atomic mass is 35.5. The number of morpholine rings is 1. The number of benzene rings is 1. The number of nitrogens with zero attached hydrogens (tertiary/aromatic N) is 1. The van der Waals surface area contributed by atoms with Crippen LogP contribution >= 0.6 is 11.6 Å². The SMILES string of the molecule is CC1(C)COCCN1CCC(=O)c1ccc(Cl)cc1. The molecule has 0 aliphatic carbocycles. The minimum Gasteiger partial charge on any atom is -0.378 e. The minimum absolute atomic E-state index is 0.0124. The van der Waals surface area contributed by atoms with Gasteiger partial charge in [0.1, 0.15) is 0 Å². The Bertz CT molecular complexity index is 442. The molecule has 0 spiro atoms. The average molecular weight is 282 g/mol. The summed E-state index contributed by atoms with van der Waals surface area (Å²) in [7, 11) is 0. The van der Waals surface area contributed by atoms with E-state index in [0.717, 1.165) is 31.9 Å². The van der Waals surface area contributed by atoms with Gasteiger partial charge in [-0.25, -0.2) is 0 Å². The molecule has 0 aromatic heterocycles. The standard InChI is InChI=1S/C15H20ClNO2/c1-15(2)11-19-10-9-17(15)8-7-14(18)12-3-5-13(16)6-4-12/h3-6H,7-11H2,1-2H3. The van der Waals surface area contributed by atoms with Crippen molar-refractivity contribution in [3.63, 3.8) is 0 Å².